The van der Waals surface area contributed by atoms with Crippen LogP contribution >= 0.6 is 11.9 Å². The van der Waals surface area contributed by atoms with E-state index >= 15 is 0 Å². The van der Waals surface area contributed by atoms with E-state index in [1.165, 1.54) is 24.1 Å². The molecule has 0 saturated carbocycles. The van der Waals surface area contributed by atoms with Crippen molar-refractivity contribution in [3.63, 3.8) is 0 Å². The van der Waals surface area contributed by atoms with Crippen LogP contribution in [0.25, 0.3) is 22.0 Å². The van der Waals surface area contributed by atoms with Crippen molar-refractivity contribution in [1.29, 1.82) is 0 Å². The van der Waals surface area contributed by atoms with Crippen molar-refractivity contribution in [3.05, 3.63) is 48.0 Å². The predicted octanol–water partition coefficient (Wildman–Crippen LogP) is 4.48. The second-order valence-electron chi connectivity index (χ2n) is 5.17. The molecule has 1 aromatic carbocycles. The molecule has 0 unspecified atom stereocenters. The standard InChI is InChI=1S/C17H17FN4S/c1-10-15(11-4-13(18)7-14(5-11)22-23-3)6-12-9-20-17(19-2)8-16(12)21-10/h4-9,22H,1-3H3,(H,19,20). The smallest absolute Gasteiger partial charge is 0.127 e. The topological polar surface area (TPSA) is 49.8 Å². The minimum Gasteiger partial charge on any atom is -0.373 e. The summed E-state index contributed by atoms with van der Waals surface area (Å²) in [6.07, 6.45) is 3.68. The molecule has 2 heterocycles. The molecular formula is C17H17FN4S. The first-order valence-corrected chi connectivity index (χ1v) is 8.38. The van der Waals surface area contributed by atoms with Crippen LogP contribution < -0.4 is 10.0 Å². The first-order chi connectivity index (χ1) is 11.1. The Labute approximate surface area is 138 Å². The Hall–Kier alpha value is -2.34. The summed E-state index contributed by atoms with van der Waals surface area (Å²) in [5, 5.41) is 3.93. The van der Waals surface area contributed by atoms with Gasteiger partial charge in [0.05, 0.1) is 5.52 Å². The van der Waals surface area contributed by atoms with Gasteiger partial charge >= 0.3 is 0 Å². The quantitative estimate of drug-likeness (QED) is 0.692. The predicted molar refractivity (Wildman–Crippen MR) is 96.4 cm³/mol. The number of fused-ring (bicyclic) bond motifs is 1. The van der Waals surface area contributed by atoms with E-state index in [0.717, 1.165) is 39.2 Å². The maximum Gasteiger partial charge on any atom is 0.127 e. The van der Waals surface area contributed by atoms with Crippen molar-refractivity contribution in [3.8, 4) is 11.1 Å². The number of aryl methyl sites for hydroxylation is 1. The number of nitrogens with one attached hydrogen (secondary N) is 2. The molecule has 2 N–H and O–H groups in total. The molecule has 23 heavy (non-hydrogen) atoms. The van der Waals surface area contributed by atoms with Gasteiger partial charge in [0.15, 0.2) is 0 Å². The maximum absolute atomic E-state index is 13.9. The maximum atomic E-state index is 13.9. The third-order valence-corrected chi connectivity index (χ3v) is 4.01. The highest BCUT2D eigenvalue weighted by molar-refractivity contribution is 7.99. The Morgan fingerprint density at radius 2 is 1.96 bits per heavy atom. The SMILES string of the molecule is CNc1cc2nc(C)c(-c3cc(F)cc(NSC)c3)cc2cn1. The molecule has 0 fully saturated rings. The van der Waals surface area contributed by atoms with Gasteiger partial charge < -0.3 is 10.0 Å². The van der Waals surface area contributed by atoms with Gasteiger partial charge in [-0.3, -0.25) is 4.98 Å². The van der Waals surface area contributed by atoms with Gasteiger partial charge in [-0.1, -0.05) is 11.9 Å². The first-order valence-electron chi connectivity index (χ1n) is 7.16. The minimum absolute atomic E-state index is 0.276. The molecule has 0 aliphatic carbocycles. The number of halogens is 1. The van der Waals surface area contributed by atoms with E-state index in [1.807, 2.05) is 38.4 Å². The number of anilines is 2. The van der Waals surface area contributed by atoms with Crippen molar-refractivity contribution in [2.75, 3.05) is 23.3 Å². The summed E-state index contributed by atoms with van der Waals surface area (Å²) < 4.78 is 17.0. The van der Waals surface area contributed by atoms with E-state index in [-0.39, 0.29) is 5.82 Å². The number of rotatable bonds is 4. The Morgan fingerprint density at radius 3 is 2.70 bits per heavy atom. The summed E-state index contributed by atoms with van der Waals surface area (Å²) >= 11 is 1.43. The molecule has 0 radical (unpaired) electrons. The van der Waals surface area contributed by atoms with E-state index in [0.29, 0.717) is 0 Å². The first kappa shape index (κ1) is 15.6. The van der Waals surface area contributed by atoms with Crippen LogP contribution in [0.4, 0.5) is 15.9 Å². The monoisotopic (exact) mass is 328 g/mol. The molecule has 0 aliphatic heterocycles. The Bertz CT molecular complexity index is 867. The third-order valence-electron chi connectivity index (χ3n) is 3.57. The van der Waals surface area contributed by atoms with Gasteiger partial charge in [0, 0.05) is 47.9 Å². The molecule has 0 amide bonds. The van der Waals surface area contributed by atoms with E-state index in [9.17, 15) is 4.39 Å². The highest BCUT2D eigenvalue weighted by Crippen LogP contribution is 2.30. The number of hydrogen-bond donors (Lipinski definition) is 2. The van der Waals surface area contributed by atoms with Gasteiger partial charge in [0.25, 0.3) is 0 Å². The summed E-state index contributed by atoms with van der Waals surface area (Å²) in [6.45, 7) is 1.93. The summed E-state index contributed by atoms with van der Waals surface area (Å²) in [5.74, 6) is 0.497. The summed E-state index contributed by atoms with van der Waals surface area (Å²) in [6, 6.07) is 8.83. The average molecular weight is 328 g/mol. The molecule has 118 valence electrons. The van der Waals surface area contributed by atoms with E-state index < -0.39 is 0 Å². The Balaban J connectivity index is 2.14. The molecular weight excluding hydrogens is 311 g/mol. The largest absolute Gasteiger partial charge is 0.373 e. The lowest BCUT2D eigenvalue weighted by Gasteiger charge is -2.11. The summed E-state index contributed by atoms with van der Waals surface area (Å²) in [7, 11) is 1.82. The lowest BCUT2D eigenvalue weighted by atomic mass is 10.0. The van der Waals surface area contributed by atoms with Gasteiger partial charge in [0.2, 0.25) is 0 Å². The van der Waals surface area contributed by atoms with Crippen LogP contribution in [0.5, 0.6) is 0 Å². The number of benzene rings is 1. The zero-order chi connectivity index (χ0) is 16.4. The van der Waals surface area contributed by atoms with Crippen molar-refractivity contribution < 1.29 is 4.39 Å². The minimum atomic E-state index is -0.276. The molecule has 3 rings (SSSR count). The van der Waals surface area contributed by atoms with Gasteiger partial charge in [0.1, 0.15) is 11.6 Å². The fourth-order valence-corrected chi connectivity index (χ4v) is 2.87. The van der Waals surface area contributed by atoms with Crippen LogP contribution in [-0.2, 0) is 0 Å². The lowest BCUT2D eigenvalue weighted by molar-refractivity contribution is 0.629. The summed E-state index contributed by atoms with van der Waals surface area (Å²) in [4.78, 5) is 8.95. The second kappa shape index (κ2) is 6.42. The fourth-order valence-electron chi connectivity index (χ4n) is 2.52. The van der Waals surface area contributed by atoms with Crippen molar-refractivity contribution in [1.82, 2.24) is 9.97 Å². The van der Waals surface area contributed by atoms with E-state index in [1.54, 1.807) is 6.20 Å². The van der Waals surface area contributed by atoms with Gasteiger partial charge in [-0.25, -0.2) is 9.37 Å². The number of pyridine rings is 2. The zero-order valence-electron chi connectivity index (χ0n) is 13.1. The third kappa shape index (κ3) is 3.22. The number of aromatic nitrogens is 2. The normalized spacial score (nSPS) is 10.8. The Kier molecular flexibility index (Phi) is 4.34. The van der Waals surface area contributed by atoms with Crippen molar-refractivity contribution >= 4 is 34.4 Å². The van der Waals surface area contributed by atoms with Crippen LogP contribution in [0, 0.1) is 12.7 Å². The van der Waals surface area contributed by atoms with Crippen LogP contribution in [-0.4, -0.2) is 23.3 Å². The van der Waals surface area contributed by atoms with Gasteiger partial charge in [-0.15, -0.1) is 0 Å². The molecule has 3 aromatic rings. The zero-order valence-corrected chi connectivity index (χ0v) is 14.0. The lowest BCUT2D eigenvalue weighted by Crippen LogP contribution is -1.95. The highest BCUT2D eigenvalue weighted by Gasteiger charge is 2.09. The second-order valence-corrected chi connectivity index (χ2v) is 5.78. The number of hydrogen-bond acceptors (Lipinski definition) is 5. The Morgan fingerprint density at radius 1 is 1.13 bits per heavy atom. The molecule has 0 spiro atoms. The number of nitrogens with zero attached hydrogens (tertiary/aromatic N) is 2. The van der Waals surface area contributed by atoms with Crippen molar-refractivity contribution in [2.24, 2.45) is 0 Å². The summed E-state index contributed by atoms with van der Waals surface area (Å²) in [5.41, 5.74) is 4.15. The molecule has 2 aromatic heterocycles. The average Bonchev–Trinajstić information content (AvgIpc) is 2.53. The van der Waals surface area contributed by atoms with Crippen LogP contribution in [0.15, 0.2) is 36.5 Å². The van der Waals surface area contributed by atoms with Crippen LogP contribution in [0.1, 0.15) is 5.69 Å². The van der Waals surface area contributed by atoms with Crippen LogP contribution in [0.3, 0.4) is 0 Å². The molecule has 6 heteroatoms. The molecule has 0 bridgehead atoms. The van der Waals surface area contributed by atoms with Gasteiger partial charge in [-0.2, -0.15) is 0 Å². The fraction of sp³-hybridized carbons (Fsp3) is 0.176. The molecule has 0 aliphatic rings. The van der Waals surface area contributed by atoms with Crippen molar-refractivity contribution in [2.45, 2.75) is 6.92 Å². The van der Waals surface area contributed by atoms with Crippen LogP contribution in [0.2, 0.25) is 0 Å². The van der Waals surface area contributed by atoms with Gasteiger partial charge in [-0.05, 0) is 36.8 Å². The molecule has 0 atom stereocenters. The van der Waals surface area contributed by atoms with E-state index in [4.69, 9.17) is 0 Å². The van der Waals surface area contributed by atoms with E-state index in [2.05, 4.69) is 20.0 Å². The molecule has 4 nitrogen and oxygen atoms in total. The highest BCUT2D eigenvalue weighted by atomic mass is 32.2. The molecule has 0 saturated heterocycles.